The summed E-state index contributed by atoms with van der Waals surface area (Å²) in [6.45, 7) is 2.38. The lowest BCUT2D eigenvalue weighted by Crippen LogP contribution is -2.40. The van der Waals surface area contributed by atoms with E-state index in [-0.39, 0.29) is 18.7 Å². The third-order valence-corrected chi connectivity index (χ3v) is 3.75. The van der Waals surface area contributed by atoms with Crippen LogP contribution in [0, 0.1) is 0 Å². The highest BCUT2D eigenvalue weighted by atomic mass is 16.5. The van der Waals surface area contributed by atoms with Crippen molar-refractivity contribution in [2.75, 3.05) is 13.7 Å². The second-order valence-corrected chi connectivity index (χ2v) is 5.67. The Balaban J connectivity index is 1.91. The molecule has 0 bridgehead atoms. The summed E-state index contributed by atoms with van der Waals surface area (Å²) in [7, 11) is 1.65. The van der Waals surface area contributed by atoms with Gasteiger partial charge in [-0.05, 0) is 42.2 Å². The fraction of sp³-hybridized carbons (Fsp3) is 0.316. The van der Waals surface area contributed by atoms with Crippen LogP contribution in [-0.2, 0) is 6.54 Å². The van der Waals surface area contributed by atoms with Crippen LogP contribution in [0.5, 0.6) is 5.75 Å². The molecule has 0 unspecified atom stereocenters. The molecule has 2 aromatic carbocycles. The van der Waals surface area contributed by atoms with Gasteiger partial charge in [-0.15, -0.1) is 0 Å². The van der Waals surface area contributed by atoms with E-state index in [0.717, 1.165) is 22.4 Å². The molecule has 0 aromatic heterocycles. The topological polar surface area (TPSA) is 70.6 Å². The molecule has 0 radical (unpaired) electrons. The fourth-order valence-electron chi connectivity index (χ4n) is 2.34. The molecule has 0 aliphatic heterocycles. The molecule has 2 amide bonds. The summed E-state index contributed by atoms with van der Waals surface area (Å²) in [4.78, 5) is 11.7. The van der Waals surface area contributed by atoms with Gasteiger partial charge < -0.3 is 20.5 Å². The van der Waals surface area contributed by atoms with Crippen LogP contribution in [-0.4, -0.2) is 30.9 Å². The summed E-state index contributed by atoms with van der Waals surface area (Å²) in [6.07, 6.45) is 0.544. The molecule has 0 saturated carbocycles. The zero-order valence-corrected chi connectivity index (χ0v) is 14.1. The zero-order valence-electron chi connectivity index (χ0n) is 14.1. The van der Waals surface area contributed by atoms with Gasteiger partial charge in [-0.3, -0.25) is 0 Å². The summed E-state index contributed by atoms with van der Waals surface area (Å²) in [5, 5.41) is 14.4. The highest BCUT2D eigenvalue weighted by Gasteiger charge is 2.06. The van der Waals surface area contributed by atoms with E-state index >= 15 is 0 Å². The maximum Gasteiger partial charge on any atom is 0.315 e. The van der Waals surface area contributed by atoms with Crippen molar-refractivity contribution >= 4 is 6.03 Å². The smallest absolute Gasteiger partial charge is 0.315 e. The third kappa shape index (κ3) is 5.28. The number of benzene rings is 2. The molecule has 24 heavy (non-hydrogen) atoms. The van der Waals surface area contributed by atoms with E-state index in [1.54, 1.807) is 7.11 Å². The van der Waals surface area contributed by atoms with Crippen molar-refractivity contribution < 1.29 is 14.6 Å². The van der Waals surface area contributed by atoms with Crippen molar-refractivity contribution in [1.29, 1.82) is 0 Å². The number of nitrogens with one attached hydrogen (secondary N) is 2. The van der Waals surface area contributed by atoms with Crippen LogP contribution >= 0.6 is 0 Å². The molecule has 1 atom stereocenters. The molecule has 5 nitrogen and oxygen atoms in total. The lowest BCUT2D eigenvalue weighted by Gasteiger charge is -2.13. The maximum absolute atomic E-state index is 11.7. The van der Waals surface area contributed by atoms with Crippen LogP contribution in [0.3, 0.4) is 0 Å². The molecule has 3 N–H and O–H groups in total. The summed E-state index contributed by atoms with van der Waals surface area (Å²) < 4.78 is 5.24. The van der Waals surface area contributed by atoms with E-state index in [0.29, 0.717) is 13.0 Å². The van der Waals surface area contributed by atoms with E-state index in [2.05, 4.69) is 10.6 Å². The maximum atomic E-state index is 11.7. The fourth-order valence-corrected chi connectivity index (χ4v) is 2.34. The predicted octanol–water partition coefficient (Wildman–Crippen LogP) is 2.93. The van der Waals surface area contributed by atoms with Crippen LogP contribution in [0.15, 0.2) is 48.5 Å². The molecule has 0 aliphatic carbocycles. The molecule has 5 heteroatoms. The number of rotatable bonds is 7. The highest BCUT2D eigenvalue weighted by Crippen LogP contribution is 2.23. The largest absolute Gasteiger partial charge is 0.497 e. The molecule has 2 aromatic rings. The third-order valence-electron chi connectivity index (χ3n) is 3.75. The first-order valence-corrected chi connectivity index (χ1v) is 8.01. The predicted molar refractivity (Wildman–Crippen MR) is 95.0 cm³/mol. The average Bonchev–Trinajstić information content (AvgIpc) is 2.60. The molecule has 0 heterocycles. The minimum atomic E-state index is -0.229. The normalized spacial score (nSPS) is 11.6. The van der Waals surface area contributed by atoms with Crippen molar-refractivity contribution in [3.8, 4) is 16.9 Å². The molecule has 2 rings (SSSR count). The number of carbonyl (C=O) groups excluding carboxylic acids is 1. The Labute approximate surface area is 142 Å². The lowest BCUT2D eigenvalue weighted by molar-refractivity contribution is 0.230. The first-order chi connectivity index (χ1) is 11.6. The van der Waals surface area contributed by atoms with Gasteiger partial charge in [0.15, 0.2) is 0 Å². The van der Waals surface area contributed by atoms with Crippen molar-refractivity contribution in [2.24, 2.45) is 0 Å². The number of aliphatic hydroxyl groups excluding tert-OH is 1. The first kappa shape index (κ1) is 17.8. The second kappa shape index (κ2) is 8.93. The van der Waals surface area contributed by atoms with Crippen LogP contribution in [0.1, 0.15) is 18.9 Å². The molecular formula is C19H24N2O3. The Kier molecular flexibility index (Phi) is 6.63. The molecule has 128 valence electrons. The van der Waals surface area contributed by atoms with Crippen molar-refractivity contribution in [3.05, 3.63) is 54.1 Å². The van der Waals surface area contributed by atoms with Gasteiger partial charge in [-0.1, -0.05) is 36.4 Å². The number of ether oxygens (including phenoxy) is 1. The van der Waals surface area contributed by atoms with Gasteiger partial charge in [-0.25, -0.2) is 4.79 Å². The number of amides is 2. The lowest BCUT2D eigenvalue weighted by atomic mass is 10.0. The van der Waals surface area contributed by atoms with E-state index in [1.165, 1.54) is 0 Å². The number of urea groups is 1. The standard InChI is InChI=1S/C19H24N2O3/c1-14(10-11-22)21-19(23)20-13-15-6-8-16(9-7-15)17-4-3-5-18(12-17)24-2/h3-9,12,14,22H,10-11,13H2,1-2H3,(H2,20,21,23)/t14-/m1/s1. The Morgan fingerprint density at radius 1 is 1.17 bits per heavy atom. The summed E-state index contributed by atoms with van der Waals surface area (Å²) in [5.41, 5.74) is 3.20. The minimum absolute atomic E-state index is 0.0505. The van der Waals surface area contributed by atoms with Gasteiger partial charge in [0, 0.05) is 19.2 Å². The van der Waals surface area contributed by atoms with Gasteiger partial charge in [-0.2, -0.15) is 0 Å². The summed E-state index contributed by atoms with van der Waals surface area (Å²) in [5.74, 6) is 0.826. The molecule has 0 aliphatic rings. The monoisotopic (exact) mass is 328 g/mol. The van der Waals surface area contributed by atoms with Gasteiger partial charge in [0.2, 0.25) is 0 Å². The summed E-state index contributed by atoms with van der Waals surface area (Å²) in [6, 6.07) is 15.7. The molecular weight excluding hydrogens is 304 g/mol. The minimum Gasteiger partial charge on any atom is -0.497 e. The van der Waals surface area contributed by atoms with Gasteiger partial charge in [0.1, 0.15) is 5.75 Å². The van der Waals surface area contributed by atoms with E-state index < -0.39 is 0 Å². The van der Waals surface area contributed by atoms with Crippen LogP contribution < -0.4 is 15.4 Å². The van der Waals surface area contributed by atoms with Crippen molar-refractivity contribution in [2.45, 2.75) is 25.9 Å². The number of carbonyl (C=O) groups is 1. The summed E-state index contributed by atoms with van der Waals surface area (Å²) >= 11 is 0. The number of methoxy groups -OCH3 is 1. The number of aliphatic hydroxyl groups is 1. The Morgan fingerprint density at radius 3 is 2.58 bits per heavy atom. The van der Waals surface area contributed by atoms with Crippen molar-refractivity contribution in [1.82, 2.24) is 10.6 Å². The molecule has 0 spiro atoms. The Bertz CT molecular complexity index is 656. The van der Waals surface area contributed by atoms with Crippen LogP contribution in [0.4, 0.5) is 4.79 Å². The van der Waals surface area contributed by atoms with Gasteiger partial charge in [0.25, 0.3) is 0 Å². The quantitative estimate of drug-likeness (QED) is 0.732. The zero-order chi connectivity index (χ0) is 17.4. The van der Waals surface area contributed by atoms with Crippen LogP contribution in [0.2, 0.25) is 0 Å². The average molecular weight is 328 g/mol. The van der Waals surface area contributed by atoms with E-state index in [4.69, 9.17) is 9.84 Å². The first-order valence-electron chi connectivity index (χ1n) is 8.01. The van der Waals surface area contributed by atoms with Crippen LogP contribution in [0.25, 0.3) is 11.1 Å². The van der Waals surface area contributed by atoms with E-state index in [9.17, 15) is 4.79 Å². The number of hydrogen-bond donors (Lipinski definition) is 3. The Morgan fingerprint density at radius 2 is 1.92 bits per heavy atom. The van der Waals surface area contributed by atoms with Crippen molar-refractivity contribution in [3.63, 3.8) is 0 Å². The SMILES string of the molecule is COc1cccc(-c2ccc(CNC(=O)N[C@H](C)CCO)cc2)c1. The second-order valence-electron chi connectivity index (χ2n) is 5.67. The highest BCUT2D eigenvalue weighted by molar-refractivity contribution is 5.74. The van der Waals surface area contributed by atoms with Gasteiger partial charge in [0.05, 0.1) is 7.11 Å². The Hall–Kier alpha value is -2.53. The molecule has 0 saturated heterocycles. The number of hydrogen-bond acceptors (Lipinski definition) is 3. The van der Waals surface area contributed by atoms with E-state index in [1.807, 2.05) is 55.5 Å². The molecule has 0 fully saturated rings. The van der Waals surface area contributed by atoms with Gasteiger partial charge >= 0.3 is 6.03 Å².